The van der Waals surface area contributed by atoms with E-state index in [1.807, 2.05) is 71.3 Å². The molecule has 12 heterocycles. The SMILES string of the molecule is CC1(C)OC[C@@H](COc2cc(N)ccn2)O1.Cn1cc(-c2nc3c(cc2Cl)N2CC[C@@H](C2)N3)cn1.Cn1cc(C2NC3C(CC2Cl)N2CC[C@@H](C2)N3C(=O)Nc2ccnc(OC[C@@H]3COC(C)(C)O3)c2)cn1. The van der Waals surface area contributed by atoms with Gasteiger partial charge >= 0.3 is 6.03 Å². The molecule has 72 heavy (non-hydrogen) atoms. The van der Waals surface area contributed by atoms with Gasteiger partial charge in [0, 0.05) is 118 Å². The number of hydrogen-bond donors (Lipinski definition) is 4. The summed E-state index contributed by atoms with van der Waals surface area (Å²) in [6.45, 7) is 13.2. The molecule has 0 saturated carbocycles. The van der Waals surface area contributed by atoms with Crippen molar-refractivity contribution in [2.24, 2.45) is 14.1 Å². The summed E-state index contributed by atoms with van der Waals surface area (Å²) in [4.78, 5) is 33.5. The smallest absolute Gasteiger partial charge is 0.323 e. The van der Waals surface area contributed by atoms with Crippen molar-refractivity contribution in [2.45, 2.75) is 106 Å². The molecular formula is C49H64Cl2N14O7. The number of carbonyl (C=O) groups excluding carboxylic acids is 1. The lowest BCUT2D eigenvalue weighted by atomic mass is 9.90. The van der Waals surface area contributed by atoms with Gasteiger partial charge < -0.3 is 54.6 Å². The molecule has 0 aliphatic carbocycles. The molecule has 5 aromatic heterocycles. The fraction of sp³-hybridized carbons (Fsp3) is 0.551. The maximum Gasteiger partial charge on any atom is 0.323 e. The van der Waals surface area contributed by atoms with Crippen molar-refractivity contribution < 1.29 is 33.2 Å². The lowest BCUT2D eigenvalue weighted by Crippen LogP contribution is -2.70. The number of aromatic nitrogens is 7. The molecule has 0 spiro atoms. The summed E-state index contributed by atoms with van der Waals surface area (Å²) in [6.07, 6.45) is 13.3. The van der Waals surface area contributed by atoms with Crippen LogP contribution in [0.15, 0.2) is 67.5 Å². The Morgan fingerprint density at radius 2 is 1.60 bits per heavy atom. The van der Waals surface area contributed by atoms with E-state index in [9.17, 15) is 4.79 Å². The molecule has 386 valence electrons. The molecule has 6 fully saturated rings. The highest BCUT2D eigenvalue weighted by molar-refractivity contribution is 6.33. The number of halogens is 2. The summed E-state index contributed by atoms with van der Waals surface area (Å²) in [5, 5.41) is 19.4. The first-order valence-electron chi connectivity index (χ1n) is 24.5. The van der Waals surface area contributed by atoms with Crippen LogP contribution in [0.5, 0.6) is 11.8 Å². The molecule has 6 saturated heterocycles. The highest BCUT2D eigenvalue weighted by Gasteiger charge is 2.52. The molecule has 23 heteroatoms. The zero-order chi connectivity index (χ0) is 50.3. The summed E-state index contributed by atoms with van der Waals surface area (Å²) in [7, 11) is 3.78. The number of nitrogen functional groups attached to an aromatic ring is 1. The minimum atomic E-state index is -0.605. The van der Waals surface area contributed by atoms with Crippen molar-refractivity contribution in [3.8, 4) is 23.0 Å². The second-order valence-electron chi connectivity index (χ2n) is 20.1. The Morgan fingerprint density at radius 1 is 0.903 bits per heavy atom. The van der Waals surface area contributed by atoms with Crippen molar-refractivity contribution in [1.82, 2.24) is 49.6 Å². The Balaban J connectivity index is 0.000000141. The fourth-order valence-electron chi connectivity index (χ4n) is 10.4. The van der Waals surface area contributed by atoms with E-state index < -0.39 is 11.6 Å². The van der Waals surface area contributed by atoms with E-state index in [0.29, 0.717) is 60.6 Å². The van der Waals surface area contributed by atoms with Crippen LogP contribution in [0.4, 0.5) is 27.7 Å². The van der Waals surface area contributed by atoms with Crippen LogP contribution in [0, 0.1) is 0 Å². The van der Waals surface area contributed by atoms with Crippen LogP contribution in [0.2, 0.25) is 5.02 Å². The molecule has 2 amide bonds. The molecule has 0 radical (unpaired) electrons. The van der Waals surface area contributed by atoms with Gasteiger partial charge in [0.2, 0.25) is 11.8 Å². The van der Waals surface area contributed by atoms with Gasteiger partial charge in [0.1, 0.15) is 31.6 Å². The third kappa shape index (κ3) is 11.5. The van der Waals surface area contributed by atoms with E-state index in [2.05, 4.69) is 45.9 Å². The normalized spacial score (nSPS) is 28.1. The number of piperidine rings is 1. The maximum absolute atomic E-state index is 13.7. The maximum atomic E-state index is 13.7. The van der Waals surface area contributed by atoms with Crippen molar-refractivity contribution in [3.05, 3.63) is 78.1 Å². The monoisotopic (exact) mass is 1030 g/mol. The number of rotatable bonds is 9. The predicted molar refractivity (Wildman–Crippen MR) is 271 cm³/mol. The van der Waals surface area contributed by atoms with Crippen molar-refractivity contribution in [3.63, 3.8) is 0 Å². The Hall–Kier alpha value is -5.52. The zero-order valence-corrected chi connectivity index (χ0v) is 42.9. The number of anilines is 4. The van der Waals surface area contributed by atoms with E-state index in [0.717, 1.165) is 73.8 Å². The molecule has 21 nitrogen and oxygen atoms in total. The van der Waals surface area contributed by atoms with Gasteiger partial charge in [-0.2, -0.15) is 10.2 Å². The summed E-state index contributed by atoms with van der Waals surface area (Å²) in [6, 6.07) is 9.51. The van der Waals surface area contributed by atoms with Crippen molar-refractivity contribution >= 4 is 52.1 Å². The molecule has 0 aromatic carbocycles. The number of pyridine rings is 3. The number of carbonyl (C=O) groups is 1. The highest BCUT2D eigenvalue weighted by Crippen LogP contribution is 2.41. The van der Waals surface area contributed by atoms with Crippen LogP contribution < -0.4 is 36.1 Å². The molecule has 5 unspecified atom stereocenters. The number of alkyl halides is 1. The van der Waals surface area contributed by atoms with E-state index in [-0.39, 0.29) is 47.9 Å². The Bertz CT molecular complexity index is 2710. The van der Waals surface area contributed by atoms with Gasteiger partial charge in [-0.15, -0.1) is 11.6 Å². The quantitative estimate of drug-likeness (QED) is 0.131. The summed E-state index contributed by atoms with van der Waals surface area (Å²) in [5.74, 6) is 0.751. The van der Waals surface area contributed by atoms with Gasteiger partial charge in [-0.1, -0.05) is 11.6 Å². The third-order valence-electron chi connectivity index (χ3n) is 13.7. The first-order chi connectivity index (χ1) is 34.5. The van der Waals surface area contributed by atoms with E-state index in [4.69, 9.17) is 62.3 Å². The molecule has 7 aliphatic heterocycles. The number of aryl methyl sites for hydroxylation is 2. The average Bonchev–Trinajstić information content (AvgIpc) is 4.23. The molecule has 12 rings (SSSR count). The third-order valence-corrected chi connectivity index (χ3v) is 14.5. The van der Waals surface area contributed by atoms with Crippen LogP contribution in [0.3, 0.4) is 0 Å². The van der Waals surface area contributed by atoms with Gasteiger partial charge in [0.05, 0.1) is 53.4 Å². The second kappa shape index (κ2) is 20.8. The fourth-order valence-corrected chi connectivity index (χ4v) is 11.1. The molecule has 7 aliphatic rings. The van der Waals surface area contributed by atoms with E-state index >= 15 is 0 Å². The first kappa shape index (κ1) is 50.0. The Labute approximate surface area is 428 Å². The summed E-state index contributed by atoms with van der Waals surface area (Å²) in [5.41, 5.74) is 10.8. The Morgan fingerprint density at radius 3 is 2.25 bits per heavy atom. The molecular weight excluding hydrogens is 968 g/mol. The summed E-state index contributed by atoms with van der Waals surface area (Å²) >= 11 is 13.3. The number of urea groups is 1. The largest absolute Gasteiger partial charge is 0.475 e. The van der Waals surface area contributed by atoms with Crippen LogP contribution >= 0.6 is 23.2 Å². The van der Waals surface area contributed by atoms with Gasteiger partial charge in [-0.05, 0) is 65.2 Å². The van der Waals surface area contributed by atoms with Gasteiger partial charge in [-0.25, -0.2) is 19.7 Å². The van der Waals surface area contributed by atoms with Gasteiger partial charge in [-0.3, -0.25) is 19.6 Å². The number of nitrogens with zero attached hydrogens (tertiary/aromatic N) is 10. The van der Waals surface area contributed by atoms with Gasteiger partial charge in [0.15, 0.2) is 17.4 Å². The lowest BCUT2D eigenvalue weighted by molar-refractivity contribution is -0.142. The number of ether oxygens (including phenoxy) is 6. The molecule has 4 bridgehead atoms. The zero-order valence-electron chi connectivity index (χ0n) is 41.4. The predicted octanol–water partition coefficient (Wildman–Crippen LogP) is 5.64. The lowest BCUT2D eigenvalue weighted by Gasteiger charge is -2.52. The highest BCUT2D eigenvalue weighted by atomic mass is 35.5. The number of fused-ring (bicyclic) bond motifs is 8. The van der Waals surface area contributed by atoms with Gasteiger partial charge in [0.25, 0.3) is 0 Å². The molecule has 5 aromatic rings. The first-order valence-corrected chi connectivity index (χ1v) is 25.3. The van der Waals surface area contributed by atoms with Crippen molar-refractivity contribution in [1.29, 1.82) is 0 Å². The van der Waals surface area contributed by atoms with Crippen LogP contribution in [-0.2, 0) is 33.0 Å². The topological polar surface area (TPSA) is 219 Å². The molecule has 9 atom stereocenters. The Kier molecular flexibility index (Phi) is 14.4. The number of hydrogen-bond acceptors (Lipinski definition) is 17. The van der Waals surface area contributed by atoms with Crippen LogP contribution in [0.25, 0.3) is 11.3 Å². The van der Waals surface area contributed by atoms with E-state index in [1.54, 1.807) is 52.2 Å². The number of piperazine rings is 1. The van der Waals surface area contributed by atoms with E-state index in [1.165, 1.54) is 0 Å². The van der Waals surface area contributed by atoms with Crippen LogP contribution in [0.1, 0.15) is 58.6 Å². The average molecular weight is 1030 g/mol. The minimum absolute atomic E-state index is 0.0572. The molecule has 5 N–H and O–H groups in total. The van der Waals surface area contributed by atoms with Crippen LogP contribution in [-0.4, -0.2) is 156 Å². The minimum Gasteiger partial charge on any atom is -0.475 e. The standard InChI is InChI=1S/C25H34ClN7O4.C13H14ClN5.C11H16N2O3/c1-25(2)36-14-18(37-25)13-35-21-8-16(4-6-27-21)29-24(34)33-17-5-7-32(12-17)20-9-19(26)22(30-23(20)33)15-10-28-31(3)11-15;1-18-6-8(5-15-18)12-10(14)4-11-13(17-12)16-9-2-3-19(11)7-9;1-11(2)15-7-9(16-11)6-14-10-5-8(12)3-4-13-10/h4,6,8,10-11,17-20,22-23,30H,5,7,9,12-14H2,1-3H3,(H,27,29,34);4-6,9H,2-3,7H2,1H3,(H,16,17);3-5,9H,6-7H2,1-2H3,(H2,12,13)/t17-,18+,19?,20?,22?,23?;2*9-/m001/s1. The second-order valence-corrected chi connectivity index (χ2v) is 21.1. The number of nitrogens with one attached hydrogen (secondary N) is 3. The number of nitrogens with two attached hydrogens (primary N) is 1. The van der Waals surface area contributed by atoms with Crippen molar-refractivity contribution in [2.75, 3.05) is 73.9 Å². The number of amides is 2. The summed E-state index contributed by atoms with van der Waals surface area (Å²) < 4.78 is 37.2.